The van der Waals surface area contributed by atoms with E-state index in [9.17, 15) is 27.6 Å². The fourth-order valence-corrected chi connectivity index (χ4v) is 4.22. The van der Waals surface area contributed by atoms with Crippen molar-refractivity contribution in [3.63, 3.8) is 0 Å². The number of nitrogens with zero attached hydrogens (tertiary/aromatic N) is 3. The molecule has 176 valence electrons. The highest BCUT2D eigenvalue weighted by Gasteiger charge is 2.58. The van der Waals surface area contributed by atoms with Crippen molar-refractivity contribution in [1.82, 2.24) is 20.0 Å². The lowest BCUT2D eigenvalue weighted by Crippen LogP contribution is -2.54. The molecule has 1 aliphatic rings. The molecule has 1 unspecified atom stereocenters. The number of carbonyl (C=O) groups is 3. The molecule has 0 bridgehead atoms. The van der Waals surface area contributed by atoms with Gasteiger partial charge in [0.2, 0.25) is 0 Å². The third-order valence-corrected chi connectivity index (χ3v) is 5.82. The van der Waals surface area contributed by atoms with E-state index in [-0.39, 0.29) is 5.56 Å². The average molecular weight is 471 g/mol. The summed E-state index contributed by atoms with van der Waals surface area (Å²) in [5, 5.41) is 6.37. The average Bonchev–Trinajstić information content (AvgIpc) is 3.27. The third kappa shape index (κ3) is 3.54. The summed E-state index contributed by atoms with van der Waals surface area (Å²) in [6.45, 7) is 1.23. The van der Waals surface area contributed by atoms with Crippen LogP contribution in [-0.2, 0) is 23.6 Å². The Balaban J connectivity index is 1.83. The number of hydrogen-bond acceptors (Lipinski definition) is 5. The highest BCUT2D eigenvalue weighted by molar-refractivity contribution is 6.19. The molecule has 34 heavy (non-hydrogen) atoms. The number of aromatic nitrogens is 2. The molecule has 4 amide bonds. The predicted molar refractivity (Wildman–Crippen MR) is 115 cm³/mol. The number of halogens is 3. The van der Waals surface area contributed by atoms with Gasteiger partial charge in [0.1, 0.15) is 0 Å². The third-order valence-electron chi connectivity index (χ3n) is 5.82. The fraction of sp³-hybridized carbons (Fsp3) is 0.217. The molecule has 1 saturated heterocycles. The standard InChI is InChI=1S/C23H20F3N5O3/c1-13-18(11-30(2)29-13)22(12-27)20(33)28-21(34)31(22)19(32)17-6-4-3-5-16(17)14-7-9-15(10-8-14)23(24,25)26/h3-11H,12,27H2,1-2H3,(H,28,33,34). The predicted octanol–water partition coefficient (Wildman–Crippen LogP) is 2.96. The molecule has 1 atom stereocenters. The molecular formula is C23H20F3N5O3. The number of aryl methyl sites for hydroxylation is 2. The van der Waals surface area contributed by atoms with Crippen molar-refractivity contribution >= 4 is 17.8 Å². The van der Waals surface area contributed by atoms with Gasteiger partial charge >= 0.3 is 12.2 Å². The molecule has 1 aliphatic heterocycles. The van der Waals surface area contributed by atoms with Gasteiger partial charge in [0.15, 0.2) is 5.54 Å². The van der Waals surface area contributed by atoms with Crippen LogP contribution in [0.15, 0.2) is 54.7 Å². The van der Waals surface area contributed by atoms with Crippen LogP contribution in [0.2, 0.25) is 0 Å². The van der Waals surface area contributed by atoms with Gasteiger partial charge in [0.25, 0.3) is 11.8 Å². The fourth-order valence-electron chi connectivity index (χ4n) is 4.22. The number of nitrogens with one attached hydrogen (secondary N) is 1. The van der Waals surface area contributed by atoms with Crippen LogP contribution < -0.4 is 11.1 Å². The second-order valence-corrected chi connectivity index (χ2v) is 7.89. The van der Waals surface area contributed by atoms with Crippen molar-refractivity contribution in [2.45, 2.75) is 18.6 Å². The summed E-state index contributed by atoms with van der Waals surface area (Å²) < 4.78 is 40.4. The highest BCUT2D eigenvalue weighted by atomic mass is 19.4. The molecule has 3 aromatic rings. The molecule has 1 aromatic heterocycles. The minimum Gasteiger partial charge on any atom is -0.327 e. The Morgan fingerprint density at radius 2 is 1.76 bits per heavy atom. The summed E-state index contributed by atoms with van der Waals surface area (Å²) >= 11 is 0. The summed E-state index contributed by atoms with van der Waals surface area (Å²) in [7, 11) is 1.63. The van der Waals surface area contributed by atoms with E-state index in [1.54, 1.807) is 32.2 Å². The first kappa shape index (κ1) is 23.2. The Labute approximate surface area is 192 Å². The van der Waals surface area contributed by atoms with Crippen LogP contribution in [-0.4, -0.2) is 39.1 Å². The van der Waals surface area contributed by atoms with Crippen LogP contribution in [0.25, 0.3) is 11.1 Å². The summed E-state index contributed by atoms with van der Waals surface area (Å²) in [5.74, 6) is -1.59. The van der Waals surface area contributed by atoms with E-state index in [0.29, 0.717) is 22.4 Å². The van der Waals surface area contributed by atoms with Gasteiger partial charge in [0, 0.05) is 30.9 Å². The highest BCUT2D eigenvalue weighted by Crippen LogP contribution is 2.37. The largest absolute Gasteiger partial charge is 0.416 e. The van der Waals surface area contributed by atoms with Crippen LogP contribution in [0.1, 0.15) is 27.2 Å². The van der Waals surface area contributed by atoms with Crippen LogP contribution in [0.3, 0.4) is 0 Å². The van der Waals surface area contributed by atoms with Crippen LogP contribution in [0.4, 0.5) is 18.0 Å². The van der Waals surface area contributed by atoms with Crippen molar-refractivity contribution in [1.29, 1.82) is 0 Å². The number of urea groups is 1. The molecule has 0 saturated carbocycles. The quantitative estimate of drug-likeness (QED) is 0.569. The van der Waals surface area contributed by atoms with E-state index >= 15 is 0 Å². The minimum atomic E-state index is -4.51. The maximum absolute atomic E-state index is 13.7. The Morgan fingerprint density at radius 3 is 2.32 bits per heavy atom. The first-order valence-corrected chi connectivity index (χ1v) is 10.2. The summed E-state index contributed by atoms with van der Waals surface area (Å²) in [4.78, 5) is 40.3. The van der Waals surface area contributed by atoms with Gasteiger partial charge in [-0.2, -0.15) is 18.3 Å². The molecule has 0 aliphatic carbocycles. The van der Waals surface area contributed by atoms with Gasteiger partial charge in [0.05, 0.1) is 11.3 Å². The first-order valence-electron chi connectivity index (χ1n) is 10.2. The summed E-state index contributed by atoms with van der Waals surface area (Å²) in [6.07, 6.45) is -2.99. The Bertz CT molecular complexity index is 1300. The summed E-state index contributed by atoms with van der Waals surface area (Å²) in [6, 6.07) is 9.49. The SMILES string of the molecule is Cc1nn(C)cc1C1(CN)C(=O)NC(=O)N1C(=O)c1ccccc1-c1ccc(C(F)(F)F)cc1. The lowest BCUT2D eigenvalue weighted by atomic mass is 9.87. The van der Waals surface area contributed by atoms with Gasteiger partial charge in [-0.05, 0) is 36.2 Å². The van der Waals surface area contributed by atoms with Crippen molar-refractivity contribution in [3.05, 3.63) is 77.1 Å². The number of rotatable bonds is 4. The van der Waals surface area contributed by atoms with Crippen LogP contribution in [0, 0.1) is 6.92 Å². The van der Waals surface area contributed by atoms with E-state index in [2.05, 4.69) is 10.4 Å². The maximum Gasteiger partial charge on any atom is 0.416 e. The monoisotopic (exact) mass is 471 g/mol. The van der Waals surface area contributed by atoms with Gasteiger partial charge < -0.3 is 5.73 Å². The first-order chi connectivity index (χ1) is 16.0. The van der Waals surface area contributed by atoms with E-state index in [1.807, 2.05) is 0 Å². The number of alkyl halides is 3. The van der Waals surface area contributed by atoms with Crippen molar-refractivity contribution < 1.29 is 27.6 Å². The lowest BCUT2D eigenvalue weighted by Gasteiger charge is -2.33. The van der Waals surface area contributed by atoms with Crippen LogP contribution in [0.5, 0.6) is 0 Å². The van der Waals surface area contributed by atoms with Gasteiger partial charge in [-0.3, -0.25) is 19.6 Å². The lowest BCUT2D eigenvalue weighted by molar-refractivity contribution is -0.137. The number of amides is 4. The molecular weight excluding hydrogens is 451 g/mol. The molecule has 0 spiro atoms. The second-order valence-electron chi connectivity index (χ2n) is 7.89. The Morgan fingerprint density at radius 1 is 1.12 bits per heavy atom. The molecule has 3 N–H and O–H groups in total. The zero-order valence-electron chi connectivity index (χ0n) is 18.2. The number of imide groups is 2. The molecule has 8 nitrogen and oxygen atoms in total. The molecule has 0 radical (unpaired) electrons. The number of benzene rings is 2. The van der Waals surface area contributed by atoms with E-state index in [1.165, 1.54) is 29.1 Å². The molecule has 4 rings (SSSR count). The number of carbonyl (C=O) groups excluding carboxylic acids is 3. The minimum absolute atomic E-state index is 0.0199. The normalized spacial score (nSPS) is 18.4. The zero-order valence-corrected chi connectivity index (χ0v) is 18.2. The number of nitrogens with two attached hydrogens (primary N) is 1. The van der Waals surface area contributed by atoms with Crippen molar-refractivity contribution in [2.24, 2.45) is 12.8 Å². The van der Waals surface area contributed by atoms with Crippen molar-refractivity contribution in [3.8, 4) is 11.1 Å². The Hall–Kier alpha value is -3.99. The van der Waals surface area contributed by atoms with Crippen molar-refractivity contribution in [2.75, 3.05) is 6.54 Å². The Kier molecular flexibility index (Phi) is 5.52. The maximum atomic E-state index is 13.7. The molecule has 2 heterocycles. The molecule has 2 aromatic carbocycles. The van der Waals surface area contributed by atoms with Gasteiger partial charge in [-0.25, -0.2) is 9.69 Å². The van der Waals surface area contributed by atoms with E-state index in [4.69, 9.17) is 5.73 Å². The molecule has 11 heteroatoms. The number of hydrogen-bond donors (Lipinski definition) is 2. The van der Waals surface area contributed by atoms with E-state index < -0.39 is 41.7 Å². The second kappa shape index (κ2) is 8.10. The van der Waals surface area contributed by atoms with E-state index in [0.717, 1.165) is 17.0 Å². The zero-order chi connectivity index (χ0) is 24.8. The molecule has 1 fully saturated rings. The topological polar surface area (TPSA) is 110 Å². The van der Waals surface area contributed by atoms with Gasteiger partial charge in [-0.15, -0.1) is 0 Å². The van der Waals surface area contributed by atoms with Gasteiger partial charge in [-0.1, -0.05) is 30.3 Å². The van der Waals surface area contributed by atoms with Crippen LogP contribution >= 0.6 is 0 Å². The summed E-state index contributed by atoms with van der Waals surface area (Å²) in [5.41, 5.74) is 4.67. The smallest absolute Gasteiger partial charge is 0.327 e.